The maximum Gasteiger partial charge on any atom is 0.320 e. The van der Waals surface area contributed by atoms with E-state index in [0.717, 1.165) is 11.3 Å². The Kier molecular flexibility index (Phi) is 4.46. The van der Waals surface area contributed by atoms with Crippen LogP contribution in [0.25, 0.3) is 0 Å². The summed E-state index contributed by atoms with van der Waals surface area (Å²) < 4.78 is 0. The topological polar surface area (TPSA) is 74.3 Å². The van der Waals surface area contributed by atoms with Gasteiger partial charge >= 0.3 is 6.03 Å². The Hall–Kier alpha value is -2.89. The molecule has 124 valence electrons. The van der Waals surface area contributed by atoms with E-state index in [-0.39, 0.29) is 18.0 Å². The molecular formula is C18H20N4O2. The molecule has 1 aromatic carbocycles. The molecule has 0 bridgehead atoms. The first kappa shape index (κ1) is 16.0. The van der Waals surface area contributed by atoms with Crippen molar-refractivity contribution in [2.24, 2.45) is 0 Å². The molecule has 1 fully saturated rings. The maximum atomic E-state index is 12.3. The number of nitrogens with zero attached hydrogens (tertiary/aromatic N) is 2. The summed E-state index contributed by atoms with van der Waals surface area (Å²) in [6.07, 6.45) is 1.90. The van der Waals surface area contributed by atoms with Gasteiger partial charge in [0.2, 0.25) is 5.91 Å². The Labute approximate surface area is 140 Å². The molecule has 2 N–H and O–H groups in total. The standard InChI is InChI=1S/C18H20N4O2/c1-12-6-7-15(9-13(12)2)22-11-14(10-17(22)23)20-18(24)21-16-5-3-4-8-19-16/h3-9,14H,10-11H2,1-2H3,(H2,19,20,21,24). The number of carbonyl (C=O) groups is 2. The second kappa shape index (κ2) is 6.70. The number of nitrogens with one attached hydrogen (secondary N) is 2. The second-order valence-electron chi connectivity index (χ2n) is 5.99. The first-order valence-corrected chi connectivity index (χ1v) is 7.89. The van der Waals surface area contributed by atoms with Gasteiger partial charge in [-0.2, -0.15) is 0 Å². The van der Waals surface area contributed by atoms with E-state index < -0.39 is 0 Å². The van der Waals surface area contributed by atoms with Crippen molar-refractivity contribution in [3.05, 3.63) is 53.7 Å². The van der Waals surface area contributed by atoms with Crippen molar-refractivity contribution < 1.29 is 9.59 Å². The zero-order valence-corrected chi connectivity index (χ0v) is 13.7. The highest BCUT2D eigenvalue weighted by Crippen LogP contribution is 2.24. The molecule has 0 saturated carbocycles. The van der Waals surface area contributed by atoms with Crippen LogP contribution in [0.1, 0.15) is 17.5 Å². The molecular weight excluding hydrogens is 304 g/mol. The summed E-state index contributed by atoms with van der Waals surface area (Å²) in [7, 11) is 0. The Morgan fingerprint density at radius 2 is 2.04 bits per heavy atom. The summed E-state index contributed by atoms with van der Waals surface area (Å²) >= 11 is 0. The number of carbonyl (C=O) groups excluding carboxylic acids is 2. The van der Waals surface area contributed by atoms with Crippen molar-refractivity contribution in [2.45, 2.75) is 26.3 Å². The van der Waals surface area contributed by atoms with Gasteiger partial charge in [0.1, 0.15) is 5.82 Å². The highest BCUT2D eigenvalue weighted by Gasteiger charge is 2.31. The molecule has 6 heteroatoms. The Morgan fingerprint density at radius 1 is 1.21 bits per heavy atom. The van der Waals surface area contributed by atoms with E-state index in [1.54, 1.807) is 29.3 Å². The Bertz CT molecular complexity index is 761. The fraction of sp³-hybridized carbons (Fsp3) is 0.278. The minimum Gasteiger partial charge on any atom is -0.333 e. The number of aryl methyl sites for hydroxylation is 2. The van der Waals surface area contributed by atoms with E-state index in [1.165, 1.54) is 5.56 Å². The van der Waals surface area contributed by atoms with Gasteiger partial charge in [0.25, 0.3) is 0 Å². The first-order chi connectivity index (χ1) is 11.5. The Balaban J connectivity index is 1.62. The zero-order chi connectivity index (χ0) is 17.1. The van der Waals surface area contributed by atoms with Crippen LogP contribution < -0.4 is 15.5 Å². The van der Waals surface area contributed by atoms with E-state index in [4.69, 9.17) is 0 Å². The van der Waals surface area contributed by atoms with Crippen molar-refractivity contribution in [3.8, 4) is 0 Å². The van der Waals surface area contributed by atoms with Gasteiger partial charge in [0, 0.05) is 24.8 Å². The maximum absolute atomic E-state index is 12.3. The predicted molar refractivity (Wildman–Crippen MR) is 93.1 cm³/mol. The van der Waals surface area contributed by atoms with Crippen LogP contribution in [0, 0.1) is 13.8 Å². The van der Waals surface area contributed by atoms with Crippen LogP contribution in [0.4, 0.5) is 16.3 Å². The summed E-state index contributed by atoms with van der Waals surface area (Å²) in [5.41, 5.74) is 3.21. The highest BCUT2D eigenvalue weighted by molar-refractivity contribution is 5.97. The highest BCUT2D eigenvalue weighted by atomic mass is 16.2. The van der Waals surface area contributed by atoms with E-state index in [9.17, 15) is 9.59 Å². The van der Waals surface area contributed by atoms with Crippen LogP contribution >= 0.6 is 0 Å². The Morgan fingerprint density at radius 3 is 2.75 bits per heavy atom. The van der Waals surface area contributed by atoms with Crippen LogP contribution in [0.5, 0.6) is 0 Å². The molecule has 2 aromatic rings. The second-order valence-corrected chi connectivity index (χ2v) is 5.99. The molecule has 1 aromatic heterocycles. The van der Waals surface area contributed by atoms with E-state index in [2.05, 4.69) is 15.6 Å². The molecule has 0 aliphatic carbocycles. The van der Waals surface area contributed by atoms with Crippen LogP contribution in [0.15, 0.2) is 42.6 Å². The van der Waals surface area contributed by atoms with Crippen molar-refractivity contribution in [1.82, 2.24) is 10.3 Å². The third-order valence-electron chi connectivity index (χ3n) is 4.17. The van der Waals surface area contributed by atoms with Gasteiger partial charge in [0.15, 0.2) is 0 Å². The number of rotatable bonds is 3. The number of anilines is 2. The molecule has 6 nitrogen and oxygen atoms in total. The number of aromatic nitrogens is 1. The lowest BCUT2D eigenvalue weighted by Gasteiger charge is -2.18. The van der Waals surface area contributed by atoms with Crippen molar-refractivity contribution in [1.29, 1.82) is 0 Å². The SMILES string of the molecule is Cc1ccc(N2CC(NC(=O)Nc3ccccn3)CC2=O)cc1C. The minimum atomic E-state index is -0.353. The first-order valence-electron chi connectivity index (χ1n) is 7.89. The third-order valence-corrected chi connectivity index (χ3v) is 4.17. The van der Waals surface area contributed by atoms with Crippen LogP contribution in [-0.4, -0.2) is 29.5 Å². The van der Waals surface area contributed by atoms with Crippen LogP contribution in [-0.2, 0) is 4.79 Å². The summed E-state index contributed by atoms with van der Waals surface area (Å²) in [5.74, 6) is 0.492. The summed E-state index contributed by atoms with van der Waals surface area (Å²) in [4.78, 5) is 30.0. The number of amides is 3. The number of pyridine rings is 1. The molecule has 1 aliphatic heterocycles. The monoisotopic (exact) mass is 324 g/mol. The van der Waals surface area contributed by atoms with E-state index >= 15 is 0 Å². The van der Waals surface area contributed by atoms with Gasteiger partial charge in [-0.1, -0.05) is 12.1 Å². The predicted octanol–water partition coefficient (Wildman–Crippen LogP) is 2.63. The smallest absolute Gasteiger partial charge is 0.320 e. The quantitative estimate of drug-likeness (QED) is 0.911. The summed E-state index contributed by atoms with van der Waals surface area (Å²) in [5, 5.41) is 5.49. The van der Waals surface area contributed by atoms with Gasteiger partial charge in [-0.3, -0.25) is 10.1 Å². The lowest BCUT2D eigenvalue weighted by molar-refractivity contribution is -0.117. The molecule has 1 unspecified atom stereocenters. The number of hydrogen-bond acceptors (Lipinski definition) is 3. The average Bonchev–Trinajstić information content (AvgIpc) is 2.91. The third kappa shape index (κ3) is 3.53. The minimum absolute atomic E-state index is 0.0152. The number of urea groups is 1. The summed E-state index contributed by atoms with van der Waals surface area (Å²) in [6, 6.07) is 10.7. The normalized spacial score (nSPS) is 17.0. The molecule has 1 saturated heterocycles. The average molecular weight is 324 g/mol. The zero-order valence-electron chi connectivity index (χ0n) is 13.7. The molecule has 3 amide bonds. The molecule has 1 aliphatic rings. The summed E-state index contributed by atoms with van der Waals surface area (Å²) in [6.45, 7) is 4.53. The van der Waals surface area contributed by atoms with Gasteiger partial charge in [-0.25, -0.2) is 9.78 Å². The molecule has 3 rings (SSSR count). The van der Waals surface area contributed by atoms with Crippen LogP contribution in [0.3, 0.4) is 0 Å². The fourth-order valence-corrected chi connectivity index (χ4v) is 2.72. The molecule has 2 heterocycles. The van der Waals surface area contributed by atoms with Crippen molar-refractivity contribution >= 4 is 23.4 Å². The lowest BCUT2D eigenvalue weighted by Crippen LogP contribution is -2.39. The van der Waals surface area contributed by atoms with Gasteiger partial charge in [-0.05, 0) is 49.2 Å². The fourth-order valence-electron chi connectivity index (χ4n) is 2.72. The van der Waals surface area contributed by atoms with Crippen LogP contribution in [0.2, 0.25) is 0 Å². The number of hydrogen-bond donors (Lipinski definition) is 2. The van der Waals surface area contributed by atoms with E-state index in [0.29, 0.717) is 18.8 Å². The van der Waals surface area contributed by atoms with Gasteiger partial charge in [-0.15, -0.1) is 0 Å². The molecule has 0 radical (unpaired) electrons. The molecule has 24 heavy (non-hydrogen) atoms. The van der Waals surface area contributed by atoms with Crippen molar-refractivity contribution in [3.63, 3.8) is 0 Å². The van der Waals surface area contributed by atoms with Crippen molar-refractivity contribution in [2.75, 3.05) is 16.8 Å². The van der Waals surface area contributed by atoms with Gasteiger partial charge in [0.05, 0.1) is 6.04 Å². The van der Waals surface area contributed by atoms with E-state index in [1.807, 2.05) is 32.0 Å². The van der Waals surface area contributed by atoms with Gasteiger partial charge < -0.3 is 10.2 Å². The molecule has 1 atom stereocenters. The lowest BCUT2D eigenvalue weighted by atomic mass is 10.1. The number of benzene rings is 1. The molecule has 0 spiro atoms. The largest absolute Gasteiger partial charge is 0.333 e.